The molecule has 1 aliphatic heterocycles. The number of amides is 1. The van der Waals surface area contributed by atoms with Crippen molar-refractivity contribution in [2.45, 2.75) is 19.4 Å². The third-order valence-electron chi connectivity index (χ3n) is 2.37. The quantitative estimate of drug-likeness (QED) is 0.797. The van der Waals surface area contributed by atoms with Gasteiger partial charge < -0.3 is 5.11 Å². The van der Waals surface area contributed by atoms with Crippen molar-refractivity contribution in [3.05, 3.63) is 29.8 Å². The van der Waals surface area contributed by atoms with Gasteiger partial charge in [-0.2, -0.15) is 5.06 Å². The van der Waals surface area contributed by atoms with Crippen LogP contribution < -0.4 is 5.06 Å². The summed E-state index contributed by atoms with van der Waals surface area (Å²) in [5.74, 6) is -0.0280. The van der Waals surface area contributed by atoms with Crippen molar-refractivity contribution in [1.82, 2.24) is 0 Å². The summed E-state index contributed by atoms with van der Waals surface area (Å²) in [7, 11) is 0. The van der Waals surface area contributed by atoms with Gasteiger partial charge in [-0.05, 0) is 24.6 Å². The standard InChI is InChI=1S/C11H13NO3/c1-8(13)9-2-4-10(5-3-9)12-11(14)6-7-15-12/h2-5,8,13H,6-7H2,1H3. The van der Waals surface area contributed by atoms with E-state index < -0.39 is 6.10 Å². The third kappa shape index (κ3) is 2.00. The lowest BCUT2D eigenvalue weighted by Gasteiger charge is -2.14. The van der Waals surface area contributed by atoms with Crippen molar-refractivity contribution < 1.29 is 14.7 Å². The first-order valence-corrected chi connectivity index (χ1v) is 4.92. The first kappa shape index (κ1) is 10.1. The summed E-state index contributed by atoms with van der Waals surface area (Å²) in [5, 5.41) is 10.6. The monoisotopic (exact) mass is 207 g/mol. The molecule has 1 aliphatic rings. The second kappa shape index (κ2) is 4.00. The zero-order valence-corrected chi connectivity index (χ0v) is 8.51. The Hall–Kier alpha value is -1.39. The number of carbonyl (C=O) groups excluding carboxylic acids is 1. The largest absolute Gasteiger partial charge is 0.389 e. The van der Waals surface area contributed by atoms with Gasteiger partial charge in [0.05, 0.1) is 24.8 Å². The summed E-state index contributed by atoms with van der Waals surface area (Å²) in [5.41, 5.74) is 1.53. The van der Waals surface area contributed by atoms with Gasteiger partial charge in [0.25, 0.3) is 5.91 Å². The van der Waals surface area contributed by atoms with Crippen LogP contribution in [0.4, 0.5) is 5.69 Å². The number of rotatable bonds is 2. The van der Waals surface area contributed by atoms with Crippen LogP contribution in [0.5, 0.6) is 0 Å². The lowest BCUT2D eigenvalue weighted by atomic mass is 10.1. The molecule has 0 aromatic heterocycles. The summed E-state index contributed by atoms with van der Waals surface area (Å²) >= 11 is 0. The number of anilines is 1. The van der Waals surface area contributed by atoms with E-state index in [1.165, 1.54) is 5.06 Å². The van der Waals surface area contributed by atoms with Gasteiger partial charge in [-0.1, -0.05) is 12.1 Å². The molecule has 1 amide bonds. The van der Waals surface area contributed by atoms with E-state index in [1.54, 1.807) is 31.2 Å². The summed E-state index contributed by atoms with van der Waals surface area (Å²) in [6.07, 6.45) is -0.0627. The molecule has 1 N–H and O–H groups in total. The highest BCUT2D eigenvalue weighted by Gasteiger charge is 2.23. The van der Waals surface area contributed by atoms with Crippen molar-refractivity contribution in [3.8, 4) is 0 Å². The van der Waals surface area contributed by atoms with E-state index in [4.69, 9.17) is 4.84 Å². The minimum Gasteiger partial charge on any atom is -0.389 e. The van der Waals surface area contributed by atoms with E-state index in [9.17, 15) is 9.90 Å². The van der Waals surface area contributed by atoms with Crippen LogP contribution in [0, 0.1) is 0 Å². The fourth-order valence-electron chi connectivity index (χ4n) is 1.50. The third-order valence-corrected chi connectivity index (χ3v) is 2.37. The molecule has 1 saturated heterocycles. The van der Waals surface area contributed by atoms with E-state index in [-0.39, 0.29) is 5.91 Å². The van der Waals surface area contributed by atoms with Crippen LogP contribution in [0.25, 0.3) is 0 Å². The molecule has 1 heterocycles. The number of carbonyl (C=O) groups is 1. The van der Waals surface area contributed by atoms with Gasteiger partial charge in [0.1, 0.15) is 0 Å². The topological polar surface area (TPSA) is 49.8 Å². The first-order valence-electron chi connectivity index (χ1n) is 4.92. The predicted octanol–water partition coefficient (Wildman–Crippen LogP) is 1.41. The molecule has 4 heteroatoms. The van der Waals surface area contributed by atoms with E-state index in [2.05, 4.69) is 0 Å². The molecular formula is C11H13NO3. The molecule has 1 unspecified atom stereocenters. The Morgan fingerprint density at radius 3 is 2.53 bits per heavy atom. The number of aliphatic hydroxyl groups is 1. The Morgan fingerprint density at radius 2 is 2.07 bits per heavy atom. The normalized spacial score (nSPS) is 18.3. The van der Waals surface area contributed by atoms with Crippen LogP contribution in [0.3, 0.4) is 0 Å². The molecule has 4 nitrogen and oxygen atoms in total. The molecule has 2 rings (SSSR count). The molecule has 15 heavy (non-hydrogen) atoms. The average molecular weight is 207 g/mol. The smallest absolute Gasteiger partial charge is 0.253 e. The zero-order chi connectivity index (χ0) is 10.8. The van der Waals surface area contributed by atoms with Gasteiger partial charge in [-0.25, -0.2) is 0 Å². The summed E-state index contributed by atoms with van der Waals surface area (Å²) in [6, 6.07) is 7.11. The molecule has 1 atom stereocenters. The highest BCUT2D eigenvalue weighted by atomic mass is 16.7. The molecule has 1 aromatic rings. The van der Waals surface area contributed by atoms with Gasteiger partial charge in [0.15, 0.2) is 0 Å². The van der Waals surface area contributed by atoms with Crippen molar-refractivity contribution in [1.29, 1.82) is 0 Å². The van der Waals surface area contributed by atoms with Gasteiger partial charge in [-0.15, -0.1) is 0 Å². The van der Waals surface area contributed by atoms with Gasteiger partial charge >= 0.3 is 0 Å². The molecule has 0 spiro atoms. The van der Waals surface area contributed by atoms with Crippen molar-refractivity contribution in [2.24, 2.45) is 0 Å². The highest BCUT2D eigenvalue weighted by Crippen LogP contribution is 2.22. The summed E-state index contributed by atoms with van der Waals surface area (Å²) in [6.45, 7) is 2.14. The number of benzene rings is 1. The predicted molar refractivity (Wildman–Crippen MR) is 55.1 cm³/mol. The van der Waals surface area contributed by atoms with Crippen LogP contribution in [-0.4, -0.2) is 17.6 Å². The fraction of sp³-hybridized carbons (Fsp3) is 0.364. The Bertz CT molecular complexity index is 359. The molecule has 1 aromatic carbocycles. The molecule has 1 fully saturated rings. The maximum absolute atomic E-state index is 11.3. The number of aliphatic hydroxyl groups excluding tert-OH is 1. The summed E-state index contributed by atoms with van der Waals surface area (Å²) in [4.78, 5) is 16.5. The van der Waals surface area contributed by atoms with E-state index in [0.717, 1.165) is 5.56 Å². The fourth-order valence-corrected chi connectivity index (χ4v) is 1.50. The molecule has 80 valence electrons. The average Bonchev–Trinajstić information content (AvgIpc) is 2.65. The van der Waals surface area contributed by atoms with Crippen molar-refractivity contribution in [3.63, 3.8) is 0 Å². The van der Waals surface area contributed by atoms with Gasteiger partial charge in [-0.3, -0.25) is 9.63 Å². The first-order chi connectivity index (χ1) is 7.18. The van der Waals surface area contributed by atoms with E-state index in [0.29, 0.717) is 18.7 Å². The maximum atomic E-state index is 11.3. The van der Waals surface area contributed by atoms with Crippen LogP contribution in [0.1, 0.15) is 25.0 Å². The molecule has 0 aliphatic carbocycles. The lowest BCUT2D eigenvalue weighted by Crippen LogP contribution is -2.22. The van der Waals surface area contributed by atoms with E-state index in [1.807, 2.05) is 0 Å². The minimum absolute atomic E-state index is 0.0280. The molecular weight excluding hydrogens is 194 g/mol. The molecule has 0 radical (unpaired) electrons. The second-order valence-corrected chi connectivity index (χ2v) is 3.54. The number of hydroxylamine groups is 1. The van der Waals surface area contributed by atoms with Crippen LogP contribution in [0.15, 0.2) is 24.3 Å². The Kier molecular flexibility index (Phi) is 2.70. The van der Waals surface area contributed by atoms with Crippen molar-refractivity contribution in [2.75, 3.05) is 11.7 Å². The Morgan fingerprint density at radius 1 is 1.40 bits per heavy atom. The van der Waals surface area contributed by atoms with E-state index >= 15 is 0 Å². The number of hydrogen-bond donors (Lipinski definition) is 1. The molecule has 0 bridgehead atoms. The lowest BCUT2D eigenvalue weighted by molar-refractivity contribution is -0.119. The van der Waals surface area contributed by atoms with Gasteiger partial charge in [0, 0.05) is 0 Å². The second-order valence-electron chi connectivity index (χ2n) is 3.54. The Labute approximate surface area is 88.0 Å². The highest BCUT2D eigenvalue weighted by molar-refractivity contribution is 5.92. The van der Waals surface area contributed by atoms with Crippen LogP contribution in [0.2, 0.25) is 0 Å². The zero-order valence-electron chi connectivity index (χ0n) is 8.51. The van der Waals surface area contributed by atoms with Gasteiger partial charge in [0.2, 0.25) is 0 Å². The molecule has 0 saturated carbocycles. The maximum Gasteiger partial charge on any atom is 0.253 e. The SMILES string of the molecule is CC(O)c1ccc(N2OCCC2=O)cc1. The summed E-state index contributed by atoms with van der Waals surface area (Å²) < 4.78 is 0. The Balaban J connectivity index is 2.19. The number of nitrogens with zero attached hydrogens (tertiary/aromatic N) is 1. The van der Waals surface area contributed by atoms with Crippen molar-refractivity contribution >= 4 is 11.6 Å². The van der Waals surface area contributed by atoms with Crippen LogP contribution in [-0.2, 0) is 9.63 Å². The minimum atomic E-state index is -0.491. The van der Waals surface area contributed by atoms with Crippen LogP contribution >= 0.6 is 0 Å². The number of hydrogen-bond acceptors (Lipinski definition) is 3.